The average Bonchev–Trinajstić information content (AvgIpc) is 2.42. The number of halogens is 1. The summed E-state index contributed by atoms with van der Waals surface area (Å²) in [6.45, 7) is 3.49. The van der Waals surface area contributed by atoms with Crippen molar-refractivity contribution in [1.29, 1.82) is 5.26 Å². The lowest BCUT2D eigenvalue weighted by atomic mass is 10.2. The zero-order chi connectivity index (χ0) is 15.6. The summed E-state index contributed by atoms with van der Waals surface area (Å²) in [6.07, 6.45) is 0. The fourth-order valence-electron chi connectivity index (χ4n) is 1.94. The molecule has 0 atom stereocenters. The summed E-state index contributed by atoms with van der Waals surface area (Å²) in [4.78, 5) is 0.124. The third-order valence-corrected chi connectivity index (χ3v) is 4.82. The van der Waals surface area contributed by atoms with Gasteiger partial charge >= 0.3 is 0 Å². The number of benzene rings is 2. The summed E-state index contributed by atoms with van der Waals surface area (Å²) in [6, 6.07) is 11.5. The Balaban J connectivity index is 2.44. The quantitative estimate of drug-likeness (QED) is 0.938. The van der Waals surface area contributed by atoms with Crippen LogP contribution in [-0.2, 0) is 10.0 Å². The van der Waals surface area contributed by atoms with E-state index in [1.54, 1.807) is 25.1 Å². The van der Waals surface area contributed by atoms with Gasteiger partial charge in [-0.15, -0.1) is 0 Å². The van der Waals surface area contributed by atoms with Crippen LogP contribution in [-0.4, -0.2) is 8.42 Å². The number of aryl methyl sites for hydroxylation is 2. The van der Waals surface area contributed by atoms with E-state index in [-0.39, 0.29) is 4.90 Å². The van der Waals surface area contributed by atoms with E-state index in [1.165, 1.54) is 18.2 Å². The number of rotatable bonds is 3. The molecule has 0 bridgehead atoms. The standard InChI is InChI=1S/C15H13ClN2O2S/c1-10-3-5-13(16)14(7-10)18-21(19,20)15-6-4-12(9-17)8-11(15)2/h3-8,18H,1-2H3. The summed E-state index contributed by atoms with van der Waals surface area (Å²) >= 11 is 6.01. The van der Waals surface area contributed by atoms with Gasteiger partial charge < -0.3 is 0 Å². The van der Waals surface area contributed by atoms with Gasteiger partial charge in [0.2, 0.25) is 0 Å². The number of hydrogen-bond acceptors (Lipinski definition) is 3. The number of sulfonamides is 1. The van der Waals surface area contributed by atoms with Gasteiger partial charge in [-0.25, -0.2) is 8.42 Å². The molecule has 0 aliphatic carbocycles. The van der Waals surface area contributed by atoms with E-state index in [0.29, 0.717) is 21.8 Å². The molecule has 2 aromatic carbocycles. The molecule has 6 heteroatoms. The molecule has 2 aromatic rings. The molecule has 1 N–H and O–H groups in total. The van der Waals surface area contributed by atoms with Gasteiger partial charge in [0.15, 0.2) is 0 Å². The van der Waals surface area contributed by atoms with Crippen molar-refractivity contribution < 1.29 is 8.42 Å². The first kappa shape index (κ1) is 15.4. The fourth-order valence-corrected chi connectivity index (χ4v) is 3.46. The molecular weight excluding hydrogens is 308 g/mol. The van der Waals surface area contributed by atoms with Crippen LogP contribution in [0.3, 0.4) is 0 Å². The third-order valence-electron chi connectivity index (χ3n) is 2.96. The molecule has 108 valence electrons. The van der Waals surface area contributed by atoms with Crippen LogP contribution >= 0.6 is 11.6 Å². The Morgan fingerprint density at radius 2 is 1.86 bits per heavy atom. The first-order valence-corrected chi connectivity index (χ1v) is 7.99. The maximum absolute atomic E-state index is 12.4. The van der Waals surface area contributed by atoms with Crippen molar-refractivity contribution in [2.24, 2.45) is 0 Å². The predicted octanol–water partition coefficient (Wildman–Crippen LogP) is 3.63. The lowest BCUT2D eigenvalue weighted by Gasteiger charge is -2.12. The Labute approximate surface area is 129 Å². The van der Waals surface area contributed by atoms with Crippen molar-refractivity contribution >= 4 is 27.3 Å². The van der Waals surface area contributed by atoms with E-state index in [4.69, 9.17) is 16.9 Å². The Morgan fingerprint density at radius 3 is 2.48 bits per heavy atom. The first-order valence-electron chi connectivity index (χ1n) is 6.13. The molecular formula is C15H13ClN2O2S. The van der Waals surface area contributed by atoms with E-state index < -0.39 is 10.0 Å². The molecule has 0 radical (unpaired) electrons. The second-order valence-electron chi connectivity index (χ2n) is 4.68. The topological polar surface area (TPSA) is 70.0 Å². The average molecular weight is 321 g/mol. The van der Waals surface area contributed by atoms with Crippen molar-refractivity contribution in [3.8, 4) is 6.07 Å². The maximum atomic E-state index is 12.4. The minimum atomic E-state index is -3.75. The van der Waals surface area contributed by atoms with Crippen molar-refractivity contribution in [3.05, 3.63) is 58.1 Å². The van der Waals surface area contributed by atoms with Gasteiger partial charge in [0.25, 0.3) is 10.0 Å². The zero-order valence-electron chi connectivity index (χ0n) is 11.5. The van der Waals surface area contributed by atoms with E-state index >= 15 is 0 Å². The highest BCUT2D eigenvalue weighted by Gasteiger charge is 2.18. The molecule has 0 saturated carbocycles. The molecule has 0 aliphatic rings. The molecule has 0 unspecified atom stereocenters. The molecule has 0 amide bonds. The van der Waals surface area contributed by atoms with Crippen LogP contribution in [0.5, 0.6) is 0 Å². The summed E-state index contributed by atoms with van der Waals surface area (Å²) in [7, 11) is -3.75. The molecule has 0 spiro atoms. The minimum Gasteiger partial charge on any atom is -0.278 e. The third kappa shape index (κ3) is 3.35. The van der Waals surface area contributed by atoms with Crippen molar-refractivity contribution in [1.82, 2.24) is 0 Å². The van der Waals surface area contributed by atoms with Gasteiger partial charge in [-0.3, -0.25) is 4.72 Å². The lowest BCUT2D eigenvalue weighted by Crippen LogP contribution is -2.14. The molecule has 0 fully saturated rings. The summed E-state index contributed by atoms with van der Waals surface area (Å²) < 4.78 is 27.3. The lowest BCUT2D eigenvalue weighted by molar-refractivity contribution is 0.600. The normalized spacial score (nSPS) is 11.0. The summed E-state index contributed by atoms with van der Waals surface area (Å²) in [5, 5.41) is 9.15. The van der Waals surface area contributed by atoms with Gasteiger partial charge in [-0.1, -0.05) is 17.7 Å². The van der Waals surface area contributed by atoms with E-state index in [9.17, 15) is 8.42 Å². The summed E-state index contributed by atoms with van der Waals surface area (Å²) in [5.41, 5.74) is 2.15. The predicted molar refractivity (Wildman–Crippen MR) is 82.9 cm³/mol. The van der Waals surface area contributed by atoms with Crippen LogP contribution in [0.4, 0.5) is 5.69 Å². The highest BCUT2D eigenvalue weighted by atomic mass is 35.5. The molecule has 0 heterocycles. The van der Waals surface area contributed by atoms with E-state index in [0.717, 1.165) is 5.56 Å². The van der Waals surface area contributed by atoms with Gasteiger partial charge in [0.05, 0.1) is 27.2 Å². The van der Waals surface area contributed by atoms with Crippen LogP contribution < -0.4 is 4.72 Å². The first-order chi connectivity index (χ1) is 9.83. The van der Waals surface area contributed by atoms with E-state index in [1.807, 2.05) is 13.0 Å². The number of nitriles is 1. The molecule has 2 rings (SSSR count). The van der Waals surface area contributed by atoms with Crippen LogP contribution in [0.1, 0.15) is 16.7 Å². The highest BCUT2D eigenvalue weighted by Crippen LogP contribution is 2.26. The number of nitrogens with one attached hydrogen (secondary N) is 1. The molecule has 0 aliphatic heterocycles. The smallest absolute Gasteiger partial charge is 0.262 e. The Bertz CT molecular complexity index is 839. The second-order valence-corrected chi connectivity index (χ2v) is 6.74. The second kappa shape index (κ2) is 5.76. The molecule has 0 saturated heterocycles. The number of hydrogen-bond donors (Lipinski definition) is 1. The highest BCUT2D eigenvalue weighted by molar-refractivity contribution is 7.92. The van der Waals surface area contributed by atoms with Gasteiger partial charge in [-0.05, 0) is 55.3 Å². The minimum absolute atomic E-state index is 0.124. The molecule has 0 aromatic heterocycles. The van der Waals surface area contributed by atoms with Crippen LogP contribution in [0.25, 0.3) is 0 Å². The monoisotopic (exact) mass is 320 g/mol. The Hall–Kier alpha value is -2.03. The SMILES string of the molecule is Cc1ccc(Cl)c(NS(=O)(=O)c2ccc(C#N)cc2C)c1. The largest absolute Gasteiger partial charge is 0.278 e. The zero-order valence-corrected chi connectivity index (χ0v) is 13.1. The maximum Gasteiger partial charge on any atom is 0.262 e. The summed E-state index contributed by atoms with van der Waals surface area (Å²) in [5.74, 6) is 0. The fraction of sp³-hybridized carbons (Fsp3) is 0.133. The molecule has 21 heavy (non-hydrogen) atoms. The van der Waals surface area contributed by atoms with Crippen molar-refractivity contribution in [2.45, 2.75) is 18.7 Å². The Morgan fingerprint density at radius 1 is 1.14 bits per heavy atom. The Kier molecular flexibility index (Phi) is 4.21. The van der Waals surface area contributed by atoms with Crippen LogP contribution in [0.2, 0.25) is 5.02 Å². The van der Waals surface area contributed by atoms with Gasteiger partial charge in [-0.2, -0.15) is 5.26 Å². The molecule has 4 nitrogen and oxygen atoms in total. The number of nitrogens with zero attached hydrogens (tertiary/aromatic N) is 1. The van der Waals surface area contributed by atoms with Crippen molar-refractivity contribution in [2.75, 3.05) is 4.72 Å². The van der Waals surface area contributed by atoms with Gasteiger partial charge in [0, 0.05) is 0 Å². The van der Waals surface area contributed by atoms with E-state index in [2.05, 4.69) is 4.72 Å². The number of anilines is 1. The van der Waals surface area contributed by atoms with Crippen LogP contribution in [0, 0.1) is 25.2 Å². The van der Waals surface area contributed by atoms with Crippen molar-refractivity contribution in [3.63, 3.8) is 0 Å². The van der Waals surface area contributed by atoms with Gasteiger partial charge in [0.1, 0.15) is 0 Å². The van der Waals surface area contributed by atoms with Crippen LogP contribution in [0.15, 0.2) is 41.3 Å².